The molecule has 35 heavy (non-hydrogen) atoms. The van der Waals surface area contributed by atoms with Crippen LogP contribution < -0.4 is 4.74 Å². The first-order valence-corrected chi connectivity index (χ1v) is 13.8. The summed E-state index contributed by atoms with van der Waals surface area (Å²) < 4.78 is 5.75. The first-order valence-electron chi connectivity index (χ1n) is 12.1. The molecule has 0 saturated heterocycles. The monoisotopic (exact) mass is 518 g/mol. The van der Waals surface area contributed by atoms with E-state index in [1.165, 1.54) is 4.90 Å². The maximum absolute atomic E-state index is 11.1. The van der Waals surface area contributed by atoms with Crippen molar-refractivity contribution in [3.05, 3.63) is 46.5 Å². The van der Waals surface area contributed by atoms with Gasteiger partial charge >= 0.3 is 5.97 Å². The van der Waals surface area contributed by atoms with Gasteiger partial charge in [-0.1, -0.05) is 41.5 Å². The van der Waals surface area contributed by atoms with Crippen LogP contribution in [0.1, 0.15) is 90.5 Å². The number of thioether (sulfide) groups is 2. The zero-order chi connectivity index (χ0) is 26.8. The van der Waals surface area contributed by atoms with Crippen molar-refractivity contribution in [1.29, 1.82) is 0 Å². The smallest absolute Gasteiger partial charge is 0.303 e. The number of aliphatic carboxylic acids is 1. The molecule has 2 aromatic rings. The molecule has 194 valence electrons. The van der Waals surface area contributed by atoms with Crippen molar-refractivity contribution in [3.8, 4) is 11.5 Å². The number of phenols is 1. The van der Waals surface area contributed by atoms with Gasteiger partial charge in [0.1, 0.15) is 11.5 Å². The van der Waals surface area contributed by atoms with E-state index in [1.807, 2.05) is 37.4 Å². The molecule has 0 aliphatic heterocycles. The molecule has 0 aliphatic rings. The maximum atomic E-state index is 11.1. The van der Waals surface area contributed by atoms with Crippen LogP contribution in [0.5, 0.6) is 11.5 Å². The Balaban J connectivity index is 2.28. The van der Waals surface area contributed by atoms with E-state index in [0.717, 1.165) is 32.9 Å². The Kier molecular flexibility index (Phi) is 9.32. The molecular weight excluding hydrogens is 476 g/mol. The van der Waals surface area contributed by atoms with E-state index >= 15 is 0 Å². The van der Waals surface area contributed by atoms with Gasteiger partial charge in [0.25, 0.3) is 0 Å². The molecule has 0 saturated carbocycles. The van der Waals surface area contributed by atoms with Crippen LogP contribution in [-0.4, -0.2) is 26.9 Å². The SMILES string of the molecule is Cc1cc(SC(C)(C)Sc2cc(C(C)(C)C)c(O)c(C(C)(C)C)c2)cc(C)c1OCCCC(=O)O. The largest absolute Gasteiger partial charge is 0.507 e. The third-order valence-electron chi connectivity index (χ3n) is 5.64. The Morgan fingerprint density at radius 3 is 1.66 bits per heavy atom. The van der Waals surface area contributed by atoms with Crippen LogP contribution >= 0.6 is 23.5 Å². The number of phenolic OH excluding ortho intramolecular Hbond substituents is 1. The van der Waals surface area contributed by atoms with E-state index in [1.54, 1.807) is 0 Å². The number of carbonyl (C=O) groups is 1. The van der Waals surface area contributed by atoms with Crippen LogP contribution in [0.25, 0.3) is 0 Å². The van der Waals surface area contributed by atoms with Crippen LogP contribution in [0.4, 0.5) is 0 Å². The Bertz CT molecular complexity index is 1000. The van der Waals surface area contributed by atoms with Gasteiger partial charge in [0.05, 0.1) is 10.7 Å². The molecule has 0 atom stereocenters. The van der Waals surface area contributed by atoms with Gasteiger partial charge in [-0.3, -0.25) is 4.79 Å². The van der Waals surface area contributed by atoms with Crippen LogP contribution in [0.2, 0.25) is 0 Å². The number of benzene rings is 2. The molecule has 0 bridgehead atoms. The number of aryl methyl sites for hydroxylation is 2. The van der Waals surface area contributed by atoms with Gasteiger partial charge in [-0.15, -0.1) is 23.5 Å². The van der Waals surface area contributed by atoms with E-state index < -0.39 is 5.97 Å². The van der Waals surface area contributed by atoms with Gasteiger partial charge in [-0.05, 0) is 80.3 Å². The Hall–Kier alpha value is -1.79. The molecule has 2 N–H and O–H groups in total. The second-order valence-electron chi connectivity index (χ2n) is 11.7. The number of aromatic hydroxyl groups is 1. The fourth-order valence-electron chi connectivity index (χ4n) is 3.99. The van der Waals surface area contributed by atoms with E-state index in [0.29, 0.717) is 18.8 Å². The molecule has 0 radical (unpaired) electrons. The first-order chi connectivity index (χ1) is 15.9. The van der Waals surface area contributed by atoms with Crippen LogP contribution in [0, 0.1) is 13.8 Å². The number of carboxylic acids is 1. The molecule has 2 aromatic carbocycles. The molecule has 0 aromatic heterocycles. The number of rotatable bonds is 9. The average Bonchev–Trinajstić information content (AvgIpc) is 2.65. The molecule has 6 heteroatoms. The van der Waals surface area contributed by atoms with Crippen molar-refractivity contribution in [2.45, 2.75) is 107 Å². The van der Waals surface area contributed by atoms with Gasteiger partial charge < -0.3 is 14.9 Å². The Morgan fingerprint density at radius 2 is 1.26 bits per heavy atom. The van der Waals surface area contributed by atoms with E-state index in [2.05, 4.69) is 79.7 Å². The van der Waals surface area contributed by atoms with E-state index in [4.69, 9.17) is 9.84 Å². The lowest BCUT2D eigenvalue weighted by atomic mass is 9.79. The minimum Gasteiger partial charge on any atom is -0.507 e. The van der Waals surface area contributed by atoms with Gasteiger partial charge in [0.15, 0.2) is 0 Å². The second-order valence-corrected chi connectivity index (χ2v) is 15.4. The average molecular weight is 519 g/mol. The van der Waals surface area contributed by atoms with Crippen LogP contribution in [0.15, 0.2) is 34.1 Å². The first kappa shape index (κ1) is 29.4. The zero-order valence-corrected chi connectivity index (χ0v) is 24.6. The number of hydrogen-bond donors (Lipinski definition) is 2. The minimum atomic E-state index is -0.800. The van der Waals surface area contributed by atoms with Crippen LogP contribution in [0.3, 0.4) is 0 Å². The molecule has 0 aliphatic carbocycles. The van der Waals surface area contributed by atoms with Gasteiger partial charge in [0.2, 0.25) is 0 Å². The predicted molar refractivity (Wildman–Crippen MR) is 150 cm³/mol. The molecule has 0 heterocycles. The molecule has 0 spiro atoms. The standard InChI is InChI=1S/C29H42O4S2/c1-18-14-20(15-19(2)26(18)33-13-11-12-24(30)31)34-29(9,10)35-21-16-22(27(3,4)5)25(32)23(17-21)28(6,7)8/h14-17,32H,11-13H2,1-10H3,(H,30,31). The van der Waals surface area contributed by atoms with Crippen molar-refractivity contribution < 1.29 is 19.7 Å². The quantitative estimate of drug-likeness (QED) is 0.197. The summed E-state index contributed by atoms with van der Waals surface area (Å²) >= 11 is 3.62. The number of hydrogen-bond acceptors (Lipinski definition) is 5. The summed E-state index contributed by atoms with van der Waals surface area (Å²) in [4.78, 5) is 13.1. The van der Waals surface area contributed by atoms with Gasteiger partial charge in [-0.2, -0.15) is 0 Å². The topological polar surface area (TPSA) is 66.8 Å². The van der Waals surface area contributed by atoms with Crippen molar-refractivity contribution in [2.75, 3.05) is 6.61 Å². The van der Waals surface area contributed by atoms with E-state index in [9.17, 15) is 9.90 Å². The molecule has 0 amide bonds. The number of ether oxygens (including phenoxy) is 1. The summed E-state index contributed by atoms with van der Waals surface area (Å²) in [6.45, 7) is 21.8. The summed E-state index contributed by atoms with van der Waals surface area (Å²) in [5.41, 5.74) is 3.74. The molecule has 4 nitrogen and oxygen atoms in total. The van der Waals surface area contributed by atoms with Gasteiger partial charge in [-0.25, -0.2) is 0 Å². The predicted octanol–water partition coefficient (Wildman–Crippen LogP) is 8.47. The summed E-state index contributed by atoms with van der Waals surface area (Å²) in [6, 6.07) is 8.57. The minimum absolute atomic E-state index is 0.114. The third-order valence-corrected chi connectivity index (χ3v) is 8.07. The highest BCUT2D eigenvalue weighted by Gasteiger charge is 2.29. The highest BCUT2D eigenvalue weighted by Crippen LogP contribution is 2.49. The van der Waals surface area contributed by atoms with Crippen molar-refractivity contribution >= 4 is 29.5 Å². The lowest BCUT2D eigenvalue weighted by Gasteiger charge is -2.30. The van der Waals surface area contributed by atoms with Crippen molar-refractivity contribution in [1.82, 2.24) is 0 Å². The van der Waals surface area contributed by atoms with E-state index in [-0.39, 0.29) is 21.3 Å². The third kappa shape index (κ3) is 8.38. The van der Waals surface area contributed by atoms with Crippen LogP contribution in [-0.2, 0) is 15.6 Å². The zero-order valence-electron chi connectivity index (χ0n) is 23.0. The Morgan fingerprint density at radius 1 is 0.829 bits per heavy atom. The molecule has 0 unspecified atom stereocenters. The Labute approximate surface area is 220 Å². The fourth-order valence-corrected chi connectivity index (χ4v) is 6.70. The highest BCUT2D eigenvalue weighted by atomic mass is 32.2. The summed E-state index contributed by atoms with van der Waals surface area (Å²) in [5, 5.41) is 19.9. The summed E-state index contributed by atoms with van der Waals surface area (Å²) in [5.74, 6) is 0.449. The summed E-state index contributed by atoms with van der Waals surface area (Å²) in [6.07, 6.45) is 0.608. The molecule has 2 rings (SSSR count). The maximum Gasteiger partial charge on any atom is 0.303 e. The normalized spacial score (nSPS) is 12.6. The summed E-state index contributed by atoms with van der Waals surface area (Å²) in [7, 11) is 0. The lowest BCUT2D eigenvalue weighted by Crippen LogP contribution is -2.18. The molecular formula is C29H42O4S2. The fraction of sp³-hybridized carbons (Fsp3) is 0.552. The van der Waals surface area contributed by atoms with Crippen molar-refractivity contribution in [3.63, 3.8) is 0 Å². The molecule has 0 fully saturated rings. The van der Waals surface area contributed by atoms with Gasteiger partial charge in [0, 0.05) is 27.3 Å². The lowest BCUT2D eigenvalue weighted by molar-refractivity contribution is -0.137. The number of carboxylic acid groups (broad SMARTS) is 1. The van der Waals surface area contributed by atoms with Crippen molar-refractivity contribution in [2.24, 2.45) is 0 Å². The second kappa shape index (κ2) is 11.1. The highest BCUT2D eigenvalue weighted by molar-refractivity contribution is 8.18.